The van der Waals surface area contributed by atoms with Crippen LogP contribution in [0.4, 0.5) is 5.69 Å². The molecule has 1 atom stereocenters. The topological polar surface area (TPSA) is 84.5 Å². The van der Waals surface area contributed by atoms with E-state index in [4.69, 9.17) is 4.74 Å². The summed E-state index contributed by atoms with van der Waals surface area (Å²) in [5.74, 6) is -0.777. The van der Waals surface area contributed by atoms with Crippen LogP contribution in [0.15, 0.2) is 59.1 Å². The largest absolute Gasteiger partial charge is 0.454 e. The van der Waals surface area contributed by atoms with Crippen molar-refractivity contribution >= 4 is 51.2 Å². The van der Waals surface area contributed by atoms with Gasteiger partial charge < -0.3 is 15.4 Å². The third-order valence-electron chi connectivity index (χ3n) is 3.71. The van der Waals surface area contributed by atoms with Crippen LogP contribution in [0, 0.1) is 0 Å². The van der Waals surface area contributed by atoms with Crippen LogP contribution in [0.5, 0.6) is 0 Å². The van der Waals surface area contributed by atoms with Crippen LogP contribution in [0.1, 0.15) is 16.8 Å². The molecular formula is C20H21BrN2O4S. The van der Waals surface area contributed by atoms with Gasteiger partial charge in [0.25, 0.3) is 11.8 Å². The Morgan fingerprint density at radius 1 is 1.07 bits per heavy atom. The Morgan fingerprint density at radius 2 is 1.75 bits per heavy atom. The zero-order valence-electron chi connectivity index (χ0n) is 15.3. The molecule has 0 heterocycles. The molecule has 2 aromatic rings. The number of nitrogens with one attached hydrogen (secondary N) is 2. The fourth-order valence-electron chi connectivity index (χ4n) is 2.28. The number of thioether (sulfide) groups is 1. The van der Waals surface area contributed by atoms with Gasteiger partial charge in [0, 0.05) is 15.7 Å². The summed E-state index contributed by atoms with van der Waals surface area (Å²) < 4.78 is 6.00. The molecular weight excluding hydrogens is 444 g/mol. The highest BCUT2D eigenvalue weighted by Gasteiger charge is 2.23. The molecule has 148 valence electrons. The summed E-state index contributed by atoms with van der Waals surface area (Å²) in [7, 11) is 0. The summed E-state index contributed by atoms with van der Waals surface area (Å²) in [5.41, 5.74) is 1.05. The highest BCUT2D eigenvalue weighted by molar-refractivity contribution is 9.10. The molecule has 2 aromatic carbocycles. The zero-order chi connectivity index (χ0) is 20.4. The Hall–Kier alpha value is -2.32. The minimum absolute atomic E-state index is 0.358. The van der Waals surface area contributed by atoms with Crippen LogP contribution in [-0.4, -0.2) is 42.4 Å². The summed E-state index contributed by atoms with van der Waals surface area (Å²) in [5, 5.41) is 5.33. The highest BCUT2D eigenvalue weighted by atomic mass is 79.9. The van der Waals surface area contributed by atoms with Gasteiger partial charge in [0.15, 0.2) is 6.61 Å². The van der Waals surface area contributed by atoms with Crippen LogP contribution in [0.25, 0.3) is 0 Å². The van der Waals surface area contributed by atoms with E-state index >= 15 is 0 Å². The first-order valence-electron chi connectivity index (χ1n) is 8.56. The number of ether oxygens (including phenoxy) is 1. The van der Waals surface area contributed by atoms with Gasteiger partial charge in [-0.15, -0.1) is 0 Å². The second-order valence-corrected chi connectivity index (χ2v) is 7.74. The minimum atomic E-state index is -0.819. The van der Waals surface area contributed by atoms with Crippen molar-refractivity contribution in [1.82, 2.24) is 5.32 Å². The van der Waals surface area contributed by atoms with E-state index in [1.54, 1.807) is 66.4 Å². The van der Waals surface area contributed by atoms with Crippen molar-refractivity contribution < 1.29 is 19.1 Å². The van der Waals surface area contributed by atoms with Crippen LogP contribution < -0.4 is 10.6 Å². The quantitative estimate of drug-likeness (QED) is 0.554. The first kappa shape index (κ1) is 22.0. The number of halogens is 1. The Balaban J connectivity index is 1.89. The number of benzene rings is 2. The maximum atomic E-state index is 12.4. The Kier molecular flexibility index (Phi) is 9.03. The lowest BCUT2D eigenvalue weighted by molar-refractivity contribution is -0.149. The molecule has 2 amide bonds. The number of anilines is 1. The number of amides is 2. The van der Waals surface area contributed by atoms with Crippen molar-refractivity contribution in [2.75, 3.05) is 23.9 Å². The molecule has 2 N–H and O–H groups in total. The summed E-state index contributed by atoms with van der Waals surface area (Å²) in [6.07, 6.45) is 2.32. The monoisotopic (exact) mass is 464 g/mol. The van der Waals surface area contributed by atoms with E-state index in [2.05, 4.69) is 26.6 Å². The third kappa shape index (κ3) is 7.36. The molecule has 0 bridgehead atoms. The average Bonchev–Trinajstić information content (AvgIpc) is 2.71. The van der Waals surface area contributed by atoms with E-state index in [0.717, 1.165) is 4.47 Å². The summed E-state index contributed by atoms with van der Waals surface area (Å²) in [6, 6.07) is 14.8. The van der Waals surface area contributed by atoms with Crippen molar-refractivity contribution in [1.29, 1.82) is 0 Å². The predicted octanol–water partition coefficient (Wildman–Crippen LogP) is 3.48. The van der Waals surface area contributed by atoms with Crippen LogP contribution in [0.3, 0.4) is 0 Å². The van der Waals surface area contributed by atoms with Crippen molar-refractivity contribution in [2.45, 2.75) is 12.5 Å². The molecule has 8 heteroatoms. The number of esters is 1. The summed E-state index contributed by atoms with van der Waals surface area (Å²) >= 11 is 4.87. The predicted molar refractivity (Wildman–Crippen MR) is 114 cm³/mol. The van der Waals surface area contributed by atoms with Crippen LogP contribution in [0.2, 0.25) is 0 Å². The van der Waals surface area contributed by atoms with Crippen molar-refractivity contribution in [3.63, 3.8) is 0 Å². The van der Waals surface area contributed by atoms with Gasteiger partial charge in [-0.3, -0.25) is 9.59 Å². The molecule has 0 spiro atoms. The highest BCUT2D eigenvalue weighted by Crippen LogP contribution is 2.14. The molecule has 0 aliphatic carbocycles. The standard InChI is InChI=1S/C20H21BrN2O4S/c1-28-12-11-17(23-19(25)14-5-3-2-4-6-14)20(26)27-13-18(24)22-16-9-7-15(21)8-10-16/h2-10,17H,11-13H2,1H3,(H,22,24)(H,23,25)/t17-/m1/s1. The molecule has 6 nitrogen and oxygen atoms in total. The van der Waals surface area contributed by atoms with Gasteiger partial charge in [0.2, 0.25) is 0 Å². The van der Waals surface area contributed by atoms with Gasteiger partial charge in [0.05, 0.1) is 0 Å². The molecule has 0 fully saturated rings. The van der Waals surface area contributed by atoms with Crippen LogP contribution >= 0.6 is 27.7 Å². The molecule has 0 saturated heterocycles. The normalized spacial score (nSPS) is 11.4. The Morgan fingerprint density at radius 3 is 2.39 bits per heavy atom. The lowest BCUT2D eigenvalue weighted by Crippen LogP contribution is -2.43. The van der Waals surface area contributed by atoms with E-state index in [1.165, 1.54) is 0 Å². The summed E-state index contributed by atoms with van der Waals surface area (Å²) in [6.45, 7) is -0.425. The number of carbonyl (C=O) groups excluding carboxylic acids is 3. The lowest BCUT2D eigenvalue weighted by atomic mass is 10.1. The second-order valence-electron chi connectivity index (χ2n) is 5.84. The molecule has 0 aliphatic heterocycles. The van der Waals surface area contributed by atoms with E-state index in [1.807, 2.05) is 6.26 Å². The SMILES string of the molecule is CSCC[C@@H](NC(=O)c1ccccc1)C(=O)OCC(=O)Nc1ccc(Br)cc1. The van der Waals surface area contributed by atoms with Gasteiger partial charge >= 0.3 is 5.97 Å². The van der Waals surface area contributed by atoms with Crippen LogP contribution in [-0.2, 0) is 14.3 Å². The molecule has 0 radical (unpaired) electrons. The van der Waals surface area contributed by atoms with E-state index in [0.29, 0.717) is 23.4 Å². The van der Waals surface area contributed by atoms with Crippen molar-refractivity contribution in [3.8, 4) is 0 Å². The van der Waals surface area contributed by atoms with Gasteiger partial charge in [0.1, 0.15) is 6.04 Å². The van der Waals surface area contributed by atoms with E-state index in [9.17, 15) is 14.4 Å². The Labute approximate surface area is 176 Å². The maximum absolute atomic E-state index is 12.4. The van der Waals surface area contributed by atoms with Gasteiger partial charge in [-0.2, -0.15) is 11.8 Å². The molecule has 2 rings (SSSR count). The number of hydrogen-bond donors (Lipinski definition) is 2. The number of rotatable bonds is 9. The molecule has 0 aromatic heterocycles. The van der Waals surface area contributed by atoms with E-state index in [-0.39, 0.29) is 5.91 Å². The molecule has 28 heavy (non-hydrogen) atoms. The van der Waals surface area contributed by atoms with Crippen molar-refractivity contribution in [2.24, 2.45) is 0 Å². The maximum Gasteiger partial charge on any atom is 0.329 e. The third-order valence-corrected chi connectivity index (χ3v) is 4.88. The number of carbonyl (C=O) groups is 3. The average molecular weight is 465 g/mol. The fraction of sp³-hybridized carbons (Fsp3) is 0.250. The second kappa shape index (κ2) is 11.5. The first-order chi connectivity index (χ1) is 13.5. The minimum Gasteiger partial charge on any atom is -0.454 e. The molecule has 0 unspecified atom stereocenters. The lowest BCUT2D eigenvalue weighted by Gasteiger charge is -2.17. The number of hydrogen-bond acceptors (Lipinski definition) is 5. The van der Waals surface area contributed by atoms with Gasteiger partial charge in [-0.25, -0.2) is 4.79 Å². The summed E-state index contributed by atoms with van der Waals surface area (Å²) in [4.78, 5) is 36.7. The molecule has 0 aliphatic rings. The fourth-order valence-corrected chi connectivity index (χ4v) is 3.02. The van der Waals surface area contributed by atoms with Gasteiger partial charge in [-0.05, 0) is 54.8 Å². The zero-order valence-corrected chi connectivity index (χ0v) is 17.7. The smallest absolute Gasteiger partial charge is 0.329 e. The Bertz CT molecular complexity index is 800. The van der Waals surface area contributed by atoms with Crippen molar-refractivity contribution in [3.05, 3.63) is 64.6 Å². The van der Waals surface area contributed by atoms with E-state index < -0.39 is 24.5 Å². The molecule has 0 saturated carbocycles. The van der Waals surface area contributed by atoms with Gasteiger partial charge in [-0.1, -0.05) is 34.1 Å². The first-order valence-corrected chi connectivity index (χ1v) is 10.7.